The van der Waals surface area contributed by atoms with Gasteiger partial charge in [-0.1, -0.05) is 12.1 Å². The molecule has 2 atom stereocenters. The molecule has 1 N–H and O–H groups in total. The number of carbonyl (C=O) groups is 1. The predicted molar refractivity (Wildman–Crippen MR) is 55.4 cm³/mol. The molecule has 0 saturated carbocycles. The van der Waals surface area contributed by atoms with E-state index in [9.17, 15) is 18.0 Å². The molecule has 0 spiro atoms. The molecule has 4 nitrogen and oxygen atoms in total. The molecule has 19 heavy (non-hydrogen) atoms. The summed E-state index contributed by atoms with van der Waals surface area (Å²) in [5, 5.41) is 8.96. The maximum atomic E-state index is 12.3. The van der Waals surface area contributed by atoms with Crippen LogP contribution in [0.5, 0.6) is 5.75 Å². The molecule has 2 aliphatic rings. The Bertz CT molecular complexity index is 591. The van der Waals surface area contributed by atoms with Crippen molar-refractivity contribution in [3.05, 3.63) is 41.0 Å². The van der Waals surface area contributed by atoms with Gasteiger partial charge in [-0.15, -0.1) is 13.2 Å². The average molecular weight is 272 g/mol. The van der Waals surface area contributed by atoms with Crippen LogP contribution < -0.4 is 4.74 Å². The Hall–Kier alpha value is -2.02. The van der Waals surface area contributed by atoms with Crippen molar-refractivity contribution < 1.29 is 32.5 Å². The van der Waals surface area contributed by atoms with Crippen molar-refractivity contribution >= 4 is 5.97 Å². The first kappa shape index (κ1) is 12.0. The molecule has 2 heterocycles. The predicted octanol–water partition coefficient (Wildman–Crippen LogP) is 2.72. The number of carboxylic acid groups (broad SMARTS) is 1. The molecule has 0 fully saturated rings. The summed E-state index contributed by atoms with van der Waals surface area (Å²) in [5.74, 6) is -1.49. The summed E-state index contributed by atoms with van der Waals surface area (Å²) in [5.41, 5.74) is 0.697. The minimum absolute atomic E-state index is 0.0432. The number of halogens is 3. The van der Waals surface area contributed by atoms with Gasteiger partial charge in [0, 0.05) is 5.56 Å². The van der Waals surface area contributed by atoms with Crippen LogP contribution in [0.25, 0.3) is 0 Å². The van der Waals surface area contributed by atoms with Gasteiger partial charge >= 0.3 is 12.3 Å². The first-order valence-electron chi connectivity index (χ1n) is 5.36. The summed E-state index contributed by atoms with van der Waals surface area (Å²) in [6.45, 7) is 0. The van der Waals surface area contributed by atoms with Crippen LogP contribution in [0.4, 0.5) is 13.2 Å². The van der Waals surface area contributed by atoms with Crippen molar-refractivity contribution in [2.45, 2.75) is 18.6 Å². The van der Waals surface area contributed by atoms with Gasteiger partial charge in [0.25, 0.3) is 0 Å². The summed E-state index contributed by atoms with van der Waals surface area (Å²) in [6, 6.07) is 4.10. The molecular weight excluding hydrogens is 265 g/mol. The van der Waals surface area contributed by atoms with Crippen LogP contribution in [-0.4, -0.2) is 17.4 Å². The lowest BCUT2D eigenvalue weighted by Crippen LogP contribution is -2.19. The van der Waals surface area contributed by atoms with E-state index in [4.69, 9.17) is 9.84 Å². The van der Waals surface area contributed by atoms with Crippen molar-refractivity contribution in [2.24, 2.45) is 0 Å². The number of ether oxygens (including phenoxy) is 2. The van der Waals surface area contributed by atoms with Crippen molar-refractivity contribution in [1.29, 1.82) is 0 Å². The Morgan fingerprint density at radius 3 is 2.74 bits per heavy atom. The molecule has 0 aliphatic carbocycles. The highest BCUT2D eigenvalue weighted by atomic mass is 19.4. The monoisotopic (exact) mass is 272 g/mol. The lowest BCUT2D eigenvalue weighted by atomic mass is 9.91. The summed E-state index contributed by atoms with van der Waals surface area (Å²) >= 11 is 0. The first-order chi connectivity index (χ1) is 8.87. The van der Waals surface area contributed by atoms with E-state index in [-0.39, 0.29) is 16.9 Å². The number of alkyl halides is 3. The Kier molecular flexibility index (Phi) is 2.37. The normalized spacial score (nSPS) is 24.1. The summed E-state index contributed by atoms with van der Waals surface area (Å²) < 4.78 is 46.1. The SMILES string of the molecule is O=C(O)C1=C[C@H]2O[C@@H]1c1cccc(OC(F)(F)F)c12. The number of rotatable bonds is 2. The second-order valence-corrected chi connectivity index (χ2v) is 4.17. The van der Waals surface area contributed by atoms with Crippen molar-refractivity contribution in [1.82, 2.24) is 0 Å². The van der Waals surface area contributed by atoms with Crippen molar-refractivity contribution in [3.63, 3.8) is 0 Å². The minimum atomic E-state index is -4.80. The standard InChI is InChI=1S/C12H7F3O4/c13-12(14,15)19-7-3-1-2-5-9(7)8-4-6(11(16)17)10(5)18-8/h1-4,8,10H,(H,16,17)/t8-,10-/m1/s1. The topological polar surface area (TPSA) is 55.8 Å². The highest BCUT2D eigenvalue weighted by Gasteiger charge is 2.45. The van der Waals surface area contributed by atoms with E-state index < -0.39 is 24.5 Å². The van der Waals surface area contributed by atoms with E-state index in [0.29, 0.717) is 5.56 Å². The zero-order chi connectivity index (χ0) is 13.8. The highest BCUT2D eigenvalue weighted by Crippen LogP contribution is 2.53. The van der Waals surface area contributed by atoms with Crippen LogP contribution >= 0.6 is 0 Å². The van der Waals surface area contributed by atoms with Crippen LogP contribution in [0, 0.1) is 0 Å². The first-order valence-corrected chi connectivity index (χ1v) is 5.36. The quantitative estimate of drug-likeness (QED) is 0.899. The van der Waals surface area contributed by atoms with E-state index >= 15 is 0 Å². The average Bonchev–Trinajstić information content (AvgIpc) is 2.85. The third kappa shape index (κ3) is 1.86. The third-order valence-corrected chi connectivity index (χ3v) is 3.04. The largest absolute Gasteiger partial charge is 0.573 e. The third-order valence-electron chi connectivity index (χ3n) is 3.04. The van der Waals surface area contributed by atoms with Crippen LogP contribution in [0.1, 0.15) is 23.3 Å². The van der Waals surface area contributed by atoms with E-state index in [0.717, 1.165) is 0 Å². The van der Waals surface area contributed by atoms with Crippen LogP contribution in [0.2, 0.25) is 0 Å². The second-order valence-electron chi connectivity index (χ2n) is 4.17. The Morgan fingerprint density at radius 1 is 1.37 bits per heavy atom. The molecule has 0 saturated heterocycles. The second kappa shape index (κ2) is 3.74. The van der Waals surface area contributed by atoms with E-state index in [1.165, 1.54) is 18.2 Å². The van der Waals surface area contributed by atoms with Gasteiger partial charge < -0.3 is 14.6 Å². The lowest BCUT2D eigenvalue weighted by molar-refractivity contribution is -0.275. The minimum Gasteiger partial charge on any atom is -0.478 e. The molecular formula is C12H7F3O4. The van der Waals surface area contributed by atoms with Gasteiger partial charge in [0.1, 0.15) is 18.0 Å². The van der Waals surface area contributed by atoms with Crippen LogP contribution in [0.15, 0.2) is 29.8 Å². The van der Waals surface area contributed by atoms with Gasteiger partial charge in [-0.2, -0.15) is 0 Å². The zero-order valence-electron chi connectivity index (χ0n) is 9.27. The highest BCUT2D eigenvalue weighted by molar-refractivity contribution is 5.90. The van der Waals surface area contributed by atoms with Gasteiger partial charge in [0.05, 0.1) is 5.57 Å². The number of carboxylic acids is 1. The number of hydrogen-bond donors (Lipinski definition) is 1. The fraction of sp³-hybridized carbons (Fsp3) is 0.250. The maximum absolute atomic E-state index is 12.3. The van der Waals surface area contributed by atoms with Gasteiger partial charge in [-0.3, -0.25) is 0 Å². The molecule has 2 bridgehead atoms. The number of hydrogen-bond acceptors (Lipinski definition) is 3. The van der Waals surface area contributed by atoms with Gasteiger partial charge in [-0.25, -0.2) is 4.79 Å². The van der Waals surface area contributed by atoms with Gasteiger partial charge in [-0.05, 0) is 17.7 Å². The van der Waals surface area contributed by atoms with Crippen LogP contribution in [-0.2, 0) is 9.53 Å². The zero-order valence-corrected chi connectivity index (χ0v) is 9.27. The smallest absolute Gasteiger partial charge is 0.478 e. The van der Waals surface area contributed by atoms with Crippen LogP contribution in [0.3, 0.4) is 0 Å². The van der Waals surface area contributed by atoms with Crippen molar-refractivity contribution in [3.8, 4) is 5.75 Å². The molecule has 0 aromatic heterocycles. The Labute approximate surface area is 105 Å². The molecule has 2 aliphatic heterocycles. The lowest BCUT2D eigenvalue weighted by Gasteiger charge is -2.16. The molecule has 0 unspecified atom stereocenters. The molecule has 0 amide bonds. The number of benzene rings is 1. The number of aliphatic carboxylic acids is 1. The molecule has 0 radical (unpaired) electrons. The molecule has 1 aromatic carbocycles. The van der Waals surface area contributed by atoms with Gasteiger partial charge in [0.2, 0.25) is 0 Å². The molecule has 7 heteroatoms. The van der Waals surface area contributed by atoms with Gasteiger partial charge in [0.15, 0.2) is 0 Å². The summed E-state index contributed by atoms with van der Waals surface area (Å²) in [6.07, 6.45) is -5.12. The fourth-order valence-electron chi connectivity index (χ4n) is 2.39. The van der Waals surface area contributed by atoms with E-state index in [2.05, 4.69) is 4.74 Å². The van der Waals surface area contributed by atoms with E-state index in [1.54, 1.807) is 6.07 Å². The fourth-order valence-corrected chi connectivity index (χ4v) is 2.39. The number of fused-ring (bicyclic) bond motifs is 5. The Balaban J connectivity index is 2.03. The summed E-state index contributed by atoms with van der Waals surface area (Å²) in [7, 11) is 0. The molecule has 1 aromatic rings. The van der Waals surface area contributed by atoms with E-state index in [1.807, 2.05) is 0 Å². The maximum Gasteiger partial charge on any atom is 0.573 e. The summed E-state index contributed by atoms with van der Waals surface area (Å²) in [4.78, 5) is 11.0. The molecule has 100 valence electrons. The molecule has 3 rings (SSSR count). The van der Waals surface area contributed by atoms with Crippen molar-refractivity contribution in [2.75, 3.05) is 0 Å². The Morgan fingerprint density at radius 2 is 2.11 bits per heavy atom.